The number of carbonyl (C=O) groups excluding carboxylic acids is 2. The van der Waals surface area contributed by atoms with E-state index in [-0.39, 0.29) is 19.4 Å². The lowest BCUT2D eigenvalue weighted by Crippen LogP contribution is -2.42. The predicted molar refractivity (Wildman–Crippen MR) is 61.9 cm³/mol. The van der Waals surface area contributed by atoms with Gasteiger partial charge < -0.3 is 19.9 Å². The quantitative estimate of drug-likeness (QED) is 0.445. The summed E-state index contributed by atoms with van der Waals surface area (Å²) in [4.78, 5) is 33.1. The molecular weight excluding hydrogens is 242 g/mol. The van der Waals surface area contributed by atoms with Gasteiger partial charge in [0, 0.05) is 13.0 Å². The van der Waals surface area contributed by atoms with E-state index in [1.165, 1.54) is 7.11 Å². The number of carboxylic acids is 1. The number of esters is 1. The minimum atomic E-state index is -1.19. The van der Waals surface area contributed by atoms with Crippen LogP contribution in [0.5, 0.6) is 0 Å². The van der Waals surface area contributed by atoms with Gasteiger partial charge >= 0.3 is 11.9 Å². The van der Waals surface area contributed by atoms with Crippen LogP contribution in [0.25, 0.3) is 0 Å². The van der Waals surface area contributed by atoms with Crippen molar-refractivity contribution >= 4 is 17.8 Å². The van der Waals surface area contributed by atoms with Gasteiger partial charge in [0.1, 0.15) is 12.6 Å². The predicted octanol–water partition coefficient (Wildman–Crippen LogP) is -0.0644. The van der Waals surface area contributed by atoms with Crippen molar-refractivity contribution in [1.82, 2.24) is 5.32 Å². The van der Waals surface area contributed by atoms with Gasteiger partial charge in [-0.1, -0.05) is 6.92 Å². The van der Waals surface area contributed by atoms with E-state index < -0.39 is 23.9 Å². The van der Waals surface area contributed by atoms with Crippen LogP contribution in [0.4, 0.5) is 0 Å². The molecule has 0 aromatic heterocycles. The van der Waals surface area contributed by atoms with Gasteiger partial charge in [0.05, 0.1) is 7.11 Å². The zero-order valence-corrected chi connectivity index (χ0v) is 10.6. The number of nitrogens with one attached hydrogen (secondary N) is 1. The van der Waals surface area contributed by atoms with Gasteiger partial charge in [-0.05, 0) is 12.8 Å². The smallest absolute Gasteiger partial charge is 0.326 e. The summed E-state index contributed by atoms with van der Waals surface area (Å²) in [6.07, 6.45) is 0.697. The molecule has 0 heterocycles. The topological polar surface area (TPSA) is 102 Å². The molecule has 18 heavy (non-hydrogen) atoms. The third-order valence-electron chi connectivity index (χ3n) is 2.08. The lowest BCUT2D eigenvalue weighted by Gasteiger charge is -2.13. The van der Waals surface area contributed by atoms with Crippen molar-refractivity contribution in [1.29, 1.82) is 0 Å². The number of methoxy groups -OCH3 is 1. The highest BCUT2D eigenvalue weighted by Gasteiger charge is 2.21. The van der Waals surface area contributed by atoms with Crippen molar-refractivity contribution in [2.75, 3.05) is 20.3 Å². The molecule has 1 amide bonds. The zero-order valence-electron chi connectivity index (χ0n) is 10.6. The largest absolute Gasteiger partial charge is 0.480 e. The summed E-state index contributed by atoms with van der Waals surface area (Å²) in [7, 11) is 1.22. The van der Waals surface area contributed by atoms with Crippen molar-refractivity contribution in [2.24, 2.45) is 0 Å². The second kappa shape index (κ2) is 9.41. The van der Waals surface area contributed by atoms with E-state index in [1.54, 1.807) is 0 Å². The molecule has 0 fully saturated rings. The SMILES string of the molecule is CCCOCC(=O)N[C@@H](CCC(=O)OC)C(=O)O. The Hall–Kier alpha value is -1.63. The third-order valence-corrected chi connectivity index (χ3v) is 2.08. The van der Waals surface area contributed by atoms with Gasteiger partial charge in [-0.2, -0.15) is 0 Å². The molecule has 0 saturated carbocycles. The molecular formula is C11H19NO6. The summed E-state index contributed by atoms with van der Waals surface area (Å²) in [5.74, 6) is -2.22. The number of amides is 1. The molecule has 0 unspecified atom stereocenters. The maximum absolute atomic E-state index is 11.3. The van der Waals surface area contributed by atoms with E-state index in [0.717, 1.165) is 6.42 Å². The fourth-order valence-electron chi connectivity index (χ4n) is 1.17. The number of ether oxygens (including phenoxy) is 2. The van der Waals surface area contributed by atoms with Crippen LogP contribution >= 0.6 is 0 Å². The Kier molecular flexibility index (Phi) is 8.55. The standard InChI is InChI=1S/C11H19NO6/c1-3-6-18-7-9(13)12-8(11(15)16)4-5-10(14)17-2/h8H,3-7H2,1-2H3,(H,12,13)(H,15,16)/t8-/m0/s1. The molecule has 1 atom stereocenters. The van der Waals surface area contributed by atoms with Crippen molar-refractivity contribution < 1.29 is 29.0 Å². The first kappa shape index (κ1) is 16.4. The molecule has 2 N–H and O–H groups in total. The molecule has 7 heteroatoms. The van der Waals surface area contributed by atoms with Gasteiger partial charge in [-0.25, -0.2) is 4.79 Å². The summed E-state index contributed by atoms with van der Waals surface area (Å²) < 4.78 is 9.37. The number of carboxylic acid groups (broad SMARTS) is 1. The minimum absolute atomic E-state index is 0.0124. The average molecular weight is 261 g/mol. The summed E-state index contributed by atoms with van der Waals surface area (Å²) in [5, 5.41) is 11.2. The van der Waals surface area contributed by atoms with Crippen LogP contribution < -0.4 is 5.32 Å². The van der Waals surface area contributed by atoms with Crippen molar-refractivity contribution in [3.05, 3.63) is 0 Å². The maximum Gasteiger partial charge on any atom is 0.326 e. The van der Waals surface area contributed by atoms with Gasteiger partial charge in [0.2, 0.25) is 5.91 Å². The third kappa shape index (κ3) is 7.61. The van der Waals surface area contributed by atoms with E-state index in [0.29, 0.717) is 6.61 Å². The maximum atomic E-state index is 11.3. The molecule has 0 saturated heterocycles. The lowest BCUT2D eigenvalue weighted by atomic mass is 10.1. The normalized spacial score (nSPS) is 11.7. The second-order valence-electron chi connectivity index (χ2n) is 3.63. The molecule has 0 aliphatic rings. The fraction of sp³-hybridized carbons (Fsp3) is 0.727. The Morgan fingerprint density at radius 2 is 2.00 bits per heavy atom. The van der Waals surface area contributed by atoms with Crippen LogP contribution in [0, 0.1) is 0 Å². The number of hydrogen-bond acceptors (Lipinski definition) is 5. The Balaban J connectivity index is 4.06. The Bertz CT molecular complexity index is 291. The Morgan fingerprint density at radius 1 is 1.33 bits per heavy atom. The van der Waals surface area contributed by atoms with Gasteiger partial charge in [0.25, 0.3) is 0 Å². The monoisotopic (exact) mass is 261 g/mol. The first-order valence-corrected chi connectivity index (χ1v) is 5.68. The first-order valence-electron chi connectivity index (χ1n) is 5.68. The van der Waals surface area contributed by atoms with E-state index in [9.17, 15) is 14.4 Å². The molecule has 7 nitrogen and oxygen atoms in total. The van der Waals surface area contributed by atoms with Crippen LogP contribution in [0.3, 0.4) is 0 Å². The highest BCUT2D eigenvalue weighted by atomic mass is 16.5. The molecule has 0 spiro atoms. The molecule has 0 radical (unpaired) electrons. The molecule has 104 valence electrons. The van der Waals surface area contributed by atoms with E-state index in [4.69, 9.17) is 9.84 Å². The summed E-state index contributed by atoms with van der Waals surface area (Å²) in [6, 6.07) is -1.11. The van der Waals surface area contributed by atoms with E-state index >= 15 is 0 Å². The lowest BCUT2D eigenvalue weighted by molar-refractivity contribution is -0.144. The van der Waals surface area contributed by atoms with Crippen LogP contribution in [0.15, 0.2) is 0 Å². The number of aliphatic carboxylic acids is 1. The van der Waals surface area contributed by atoms with E-state index in [2.05, 4.69) is 10.1 Å². The summed E-state index contributed by atoms with van der Waals surface area (Å²) in [6.45, 7) is 2.15. The van der Waals surface area contributed by atoms with Crippen molar-refractivity contribution in [3.8, 4) is 0 Å². The van der Waals surface area contributed by atoms with Gasteiger partial charge in [0.15, 0.2) is 0 Å². The highest BCUT2D eigenvalue weighted by Crippen LogP contribution is 1.99. The first-order chi connectivity index (χ1) is 8.51. The molecule has 0 aliphatic heterocycles. The van der Waals surface area contributed by atoms with Gasteiger partial charge in [-0.3, -0.25) is 9.59 Å². The minimum Gasteiger partial charge on any atom is -0.480 e. The van der Waals surface area contributed by atoms with Crippen molar-refractivity contribution in [2.45, 2.75) is 32.2 Å². The van der Waals surface area contributed by atoms with Crippen molar-refractivity contribution in [3.63, 3.8) is 0 Å². The Morgan fingerprint density at radius 3 is 2.50 bits per heavy atom. The molecule has 0 rings (SSSR count). The summed E-state index contributed by atoms with van der Waals surface area (Å²) >= 11 is 0. The molecule has 0 aromatic rings. The molecule has 0 aliphatic carbocycles. The van der Waals surface area contributed by atoms with E-state index in [1.807, 2.05) is 6.92 Å². The Labute approximate surface area is 105 Å². The van der Waals surface area contributed by atoms with Crippen LogP contribution in [0.1, 0.15) is 26.2 Å². The van der Waals surface area contributed by atoms with Crippen LogP contribution in [-0.2, 0) is 23.9 Å². The summed E-state index contributed by atoms with van der Waals surface area (Å²) in [5.41, 5.74) is 0. The fourth-order valence-corrected chi connectivity index (χ4v) is 1.17. The zero-order chi connectivity index (χ0) is 14.0. The molecule has 0 bridgehead atoms. The second-order valence-corrected chi connectivity index (χ2v) is 3.63. The number of rotatable bonds is 9. The average Bonchev–Trinajstić information content (AvgIpc) is 2.33. The van der Waals surface area contributed by atoms with Gasteiger partial charge in [-0.15, -0.1) is 0 Å². The molecule has 0 aromatic carbocycles. The number of hydrogen-bond donors (Lipinski definition) is 2. The number of carbonyl (C=O) groups is 3. The highest BCUT2D eigenvalue weighted by molar-refractivity contribution is 5.84. The van der Waals surface area contributed by atoms with Crippen LogP contribution in [-0.4, -0.2) is 49.3 Å². The van der Waals surface area contributed by atoms with Crippen LogP contribution in [0.2, 0.25) is 0 Å².